The number of nitrogens with zero attached hydrogens (tertiary/aromatic N) is 3. The summed E-state index contributed by atoms with van der Waals surface area (Å²) in [5, 5.41) is 0. The van der Waals surface area contributed by atoms with Gasteiger partial charge in [-0.15, -0.1) is 0 Å². The number of rotatable bonds is 5. The van der Waals surface area contributed by atoms with E-state index in [1.54, 1.807) is 0 Å². The second-order valence-electron chi connectivity index (χ2n) is 5.90. The topological polar surface area (TPSA) is 29.7 Å². The van der Waals surface area contributed by atoms with Crippen molar-refractivity contribution in [2.75, 3.05) is 0 Å². The van der Waals surface area contributed by atoms with E-state index in [1.807, 2.05) is 24.5 Å². The van der Waals surface area contributed by atoms with Crippen molar-refractivity contribution in [3.63, 3.8) is 0 Å². The van der Waals surface area contributed by atoms with Gasteiger partial charge in [0, 0.05) is 30.9 Å². The molecule has 3 heterocycles. The average molecular weight is 316 g/mol. The van der Waals surface area contributed by atoms with Crippen LogP contribution in [0.1, 0.15) is 30.0 Å². The molecule has 0 unspecified atom stereocenters. The Bertz CT molecular complexity index is 836. The van der Waals surface area contributed by atoms with E-state index in [-0.39, 0.29) is 0 Å². The third-order valence-corrected chi connectivity index (χ3v) is 3.83. The van der Waals surface area contributed by atoms with Gasteiger partial charge in [-0.1, -0.05) is 19.1 Å². The third kappa shape index (κ3) is 4.13. The van der Waals surface area contributed by atoms with Gasteiger partial charge in [-0.25, -0.2) is 4.57 Å². The highest BCUT2D eigenvalue weighted by atomic mass is 14.9. The quantitative estimate of drug-likeness (QED) is 0.656. The van der Waals surface area contributed by atoms with Gasteiger partial charge in [0.1, 0.15) is 6.54 Å². The molecule has 120 valence electrons. The van der Waals surface area contributed by atoms with Crippen molar-refractivity contribution in [1.29, 1.82) is 0 Å². The molecule has 0 aliphatic carbocycles. The van der Waals surface area contributed by atoms with Crippen molar-refractivity contribution in [2.24, 2.45) is 0 Å². The average Bonchev–Trinajstić information content (AvgIpc) is 2.62. The van der Waals surface area contributed by atoms with E-state index >= 15 is 0 Å². The van der Waals surface area contributed by atoms with Gasteiger partial charge in [-0.2, -0.15) is 0 Å². The SMILES string of the molecule is CCC[n+]1ccc(/C=C/c2ccnc(-c3cc(C)ccn3)c2)cc1. The molecule has 0 aliphatic rings. The maximum Gasteiger partial charge on any atom is 0.169 e. The van der Waals surface area contributed by atoms with Crippen molar-refractivity contribution in [1.82, 2.24) is 9.97 Å². The van der Waals surface area contributed by atoms with Gasteiger partial charge in [0.05, 0.1) is 11.4 Å². The fourth-order valence-corrected chi connectivity index (χ4v) is 2.55. The Morgan fingerprint density at radius 2 is 1.54 bits per heavy atom. The molecule has 0 saturated carbocycles. The lowest BCUT2D eigenvalue weighted by Crippen LogP contribution is -2.31. The zero-order chi connectivity index (χ0) is 16.8. The number of aromatic nitrogens is 3. The second kappa shape index (κ2) is 7.64. The predicted octanol–water partition coefficient (Wildman–Crippen LogP) is 4.32. The summed E-state index contributed by atoms with van der Waals surface area (Å²) >= 11 is 0. The van der Waals surface area contributed by atoms with Crippen LogP contribution in [0.25, 0.3) is 23.5 Å². The summed E-state index contributed by atoms with van der Waals surface area (Å²) in [5.74, 6) is 0. The number of aryl methyl sites for hydroxylation is 2. The van der Waals surface area contributed by atoms with Gasteiger partial charge < -0.3 is 0 Å². The molecular weight excluding hydrogens is 294 g/mol. The molecule has 0 atom stereocenters. The molecule has 24 heavy (non-hydrogen) atoms. The number of hydrogen-bond donors (Lipinski definition) is 0. The van der Waals surface area contributed by atoms with Crippen molar-refractivity contribution in [3.8, 4) is 11.4 Å². The molecule has 0 amide bonds. The Labute approximate surface area is 143 Å². The van der Waals surface area contributed by atoms with E-state index in [4.69, 9.17) is 0 Å². The van der Waals surface area contributed by atoms with Crippen LogP contribution in [-0.4, -0.2) is 9.97 Å². The summed E-state index contributed by atoms with van der Waals surface area (Å²) in [5.41, 5.74) is 5.30. The largest absolute Gasteiger partial charge is 0.255 e. The second-order valence-corrected chi connectivity index (χ2v) is 5.90. The summed E-state index contributed by atoms with van der Waals surface area (Å²) in [4.78, 5) is 8.85. The Kier molecular flexibility index (Phi) is 5.12. The molecule has 0 bridgehead atoms. The molecule has 3 aromatic heterocycles. The maximum atomic E-state index is 4.44. The van der Waals surface area contributed by atoms with E-state index < -0.39 is 0 Å². The minimum Gasteiger partial charge on any atom is -0.255 e. The van der Waals surface area contributed by atoms with Crippen LogP contribution in [0, 0.1) is 6.92 Å². The zero-order valence-corrected chi connectivity index (χ0v) is 14.2. The maximum absolute atomic E-state index is 4.44. The van der Waals surface area contributed by atoms with Gasteiger partial charge >= 0.3 is 0 Å². The lowest BCUT2D eigenvalue weighted by molar-refractivity contribution is -0.697. The fourth-order valence-electron chi connectivity index (χ4n) is 2.55. The minimum absolute atomic E-state index is 0.898. The Morgan fingerprint density at radius 3 is 2.25 bits per heavy atom. The molecule has 0 spiro atoms. The summed E-state index contributed by atoms with van der Waals surface area (Å²) in [7, 11) is 0. The van der Waals surface area contributed by atoms with E-state index in [1.165, 1.54) is 11.1 Å². The highest BCUT2D eigenvalue weighted by Gasteiger charge is 2.02. The molecule has 0 fully saturated rings. The first-order valence-electron chi connectivity index (χ1n) is 8.31. The standard InChI is InChI=1S/C21H22N3/c1-3-12-24-13-8-18(9-14-24)4-5-19-7-11-23-21(16-19)20-15-17(2)6-10-22-20/h4-11,13-16H,3,12H2,1-2H3/q+1/b5-4+. The minimum atomic E-state index is 0.898. The first-order valence-corrected chi connectivity index (χ1v) is 8.31. The van der Waals surface area contributed by atoms with Crippen LogP contribution >= 0.6 is 0 Å². The van der Waals surface area contributed by atoms with Crippen LogP contribution in [-0.2, 0) is 6.54 Å². The zero-order valence-electron chi connectivity index (χ0n) is 14.2. The molecule has 0 aliphatic heterocycles. The van der Waals surface area contributed by atoms with Crippen LogP contribution in [0.2, 0.25) is 0 Å². The molecule has 0 aromatic carbocycles. The summed E-state index contributed by atoms with van der Waals surface area (Å²) < 4.78 is 2.20. The van der Waals surface area contributed by atoms with Gasteiger partial charge in [0.25, 0.3) is 0 Å². The lowest BCUT2D eigenvalue weighted by Gasteiger charge is -2.02. The molecule has 0 N–H and O–H groups in total. The Balaban J connectivity index is 1.79. The summed E-state index contributed by atoms with van der Waals surface area (Å²) in [6.45, 7) is 5.31. The molecule has 3 aromatic rings. The highest BCUT2D eigenvalue weighted by Crippen LogP contribution is 2.17. The molecule has 3 rings (SSSR count). The van der Waals surface area contributed by atoms with Crippen LogP contribution in [0.5, 0.6) is 0 Å². The molecule has 3 heteroatoms. The number of hydrogen-bond acceptors (Lipinski definition) is 2. The van der Waals surface area contributed by atoms with E-state index in [0.29, 0.717) is 0 Å². The molecule has 3 nitrogen and oxygen atoms in total. The highest BCUT2D eigenvalue weighted by molar-refractivity contribution is 5.71. The summed E-state index contributed by atoms with van der Waals surface area (Å²) in [6, 6.07) is 12.4. The Hall–Kier alpha value is -2.81. The van der Waals surface area contributed by atoms with Gasteiger partial charge in [0.2, 0.25) is 0 Å². The molecule has 0 saturated heterocycles. The smallest absolute Gasteiger partial charge is 0.169 e. The summed E-state index contributed by atoms with van der Waals surface area (Å²) in [6.07, 6.45) is 13.3. The molecule has 0 radical (unpaired) electrons. The van der Waals surface area contributed by atoms with E-state index in [9.17, 15) is 0 Å². The van der Waals surface area contributed by atoms with Gasteiger partial charge in [-0.3, -0.25) is 9.97 Å². The van der Waals surface area contributed by atoms with Crippen LogP contribution in [0.4, 0.5) is 0 Å². The molecular formula is C21H22N3+. The van der Waals surface area contributed by atoms with E-state index in [0.717, 1.165) is 29.9 Å². The third-order valence-electron chi connectivity index (χ3n) is 3.83. The van der Waals surface area contributed by atoms with Gasteiger partial charge in [-0.05, 0) is 47.9 Å². The normalized spacial score (nSPS) is 11.1. The first-order chi connectivity index (χ1) is 11.7. The first kappa shape index (κ1) is 16.1. The lowest BCUT2D eigenvalue weighted by atomic mass is 10.1. The van der Waals surface area contributed by atoms with Crippen molar-refractivity contribution < 1.29 is 4.57 Å². The van der Waals surface area contributed by atoms with Crippen molar-refractivity contribution in [2.45, 2.75) is 26.8 Å². The van der Waals surface area contributed by atoms with Crippen molar-refractivity contribution in [3.05, 3.63) is 77.9 Å². The fraction of sp³-hybridized carbons (Fsp3) is 0.190. The van der Waals surface area contributed by atoms with E-state index in [2.05, 4.69) is 77.2 Å². The Morgan fingerprint density at radius 1 is 0.875 bits per heavy atom. The van der Waals surface area contributed by atoms with Crippen molar-refractivity contribution >= 4 is 12.2 Å². The number of pyridine rings is 3. The van der Waals surface area contributed by atoms with Crippen LogP contribution < -0.4 is 4.57 Å². The van der Waals surface area contributed by atoms with Gasteiger partial charge in [0.15, 0.2) is 12.4 Å². The monoisotopic (exact) mass is 316 g/mol. The predicted molar refractivity (Wildman–Crippen MR) is 98.1 cm³/mol. The van der Waals surface area contributed by atoms with Crippen LogP contribution in [0.15, 0.2) is 61.2 Å². The van der Waals surface area contributed by atoms with Crippen LogP contribution in [0.3, 0.4) is 0 Å².